The van der Waals surface area contributed by atoms with Crippen LogP contribution < -0.4 is 5.32 Å². The fraction of sp³-hybridized carbons (Fsp3) is 0.273. The molecule has 4 aromatic rings. The third kappa shape index (κ3) is 3.74. The van der Waals surface area contributed by atoms with Crippen LogP contribution in [0.5, 0.6) is 0 Å². The maximum Gasteiger partial charge on any atom is 0.132 e. The SMILES string of the molecule is CC1CC(c2ncc3[nH]ccc3n2)CC(c2ccc3ccccc3c2)N1.Cl.O. The van der Waals surface area contributed by atoms with Gasteiger partial charge in [0.1, 0.15) is 5.82 Å². The quantitative estimate of drug-likeness (QED) is 0.529. The number of H-pyrrole nitrogens is 1. The van der Waals surface area contributed by atoms with Crippen molar-refractivity contribution in [2.24, 2.45) is 0 Å². The molecule has 28 heavy (non-hydrogen) atoms. The molecule has 0 aliphatic carbocycles. The number of halogens is 1. The van der Waals surface area contributed by atoms with E-state index in [0.29, 0.717) is 18.0 Å². The third-order valence-electron chi connectivity index (χ3n) is 5.50. The van der Waals surface area contributed by atoms with E-state index in [9.17, 15) is 0 Å². The first kappa shape index (κ1) is 20.3. The van der Waals surface area contributed by atoms with E-state index in [1.165, 1.54) is 16.3 Å². The number of aromatic amines is 1. The number of benzene rings is 2. The van der Waals surface area contributed by atoms with Gasteiger partial charge in [0.15, 0.2) is 0 Å². The van der Waals surface area contributed by atoms with Crippen LogP contribution in [0.3, 0.4) is 0 Å². The molecule has 4 N–H and O–H groups in total. The van der Waals surface area contributed by atoms with Crippen molar-refractivity contribution in [2.45, 2.75) is 37.8 Å². The van der Waals surface area contributed by atoms with Gasteiger partial charge in [-0.2, -0.15) is 0 Å². The molecule has 3 atom stereocenters. The van der Waals surface area contributed by atoms with Crippen LogP contribution in [0.15, 0.2) is 60.9 Å². The Morgan fingerprint density at radius 1 is 1.00 bits per heavy atom. The largest absolute Gasteiger partial charge is 0.412 e. The van der Waals surface area contributed by atoms with Gasteiger partial charge in [0.2, 0.25) is 0 Å². The van der Waals surface area contributed by atoms with Gasteiger partial charge in [0.05, 0.1) is 17.2 Å². The average molecular weight is 397 g/mol. The minimum atomic E-state index is 0. The van der Waals surface area contributed by atoms with E-state index in [2.05, 4.69) is 64.7 Å². The molecular formula is C22H25ClN4O. The molecular weight excluding hydrogens is 372 g/mol. The predicted octanol–water partition coefficient (Wildman–Crippen LogP) is 4.31. The van der Waals surface area contributed by atoms with Crippen LogP contribution in [-0.2, 0) is 0 Å². The van der Waals surface area contributed by atoms with Crippen molar-refractivity contribution in [1.82, 2.24) is 20.3 Å². The second kappa shape index (κ2) is 8.27. The Labute approximate surface area is 170 Å². The Bertz CT molecular complexity index is 1080. The summed E-state index contributed by atoms with van der Waals surface area (Å²) in [5.41, 5.74) is 3.35. The summed E-state index contributed by atoms with van der Waals surface area (Å²) >= 11 is 0. The molecule has 1 saturated heterocycles. The van der Waals surface area contributed by atoms with Gasteiger partial charge < -0.3 is 15.8 Å². The van der Waals surface area contributed by atoms with Crippen molar-refractivity contribution in [3.05, 3.63) is 72.3 Å². The minimum absolute atomic E-state index is 0. The lowest BCUT2D eigenvalue weighted by Crippen LogP contribution is -2.38. The van der Waals surface area contributed by atoms with Gasteiger partial charge in [-0.05, 0) is 48.2 Å². The molecule has 146 valence electrons. The van der Waals surface area contributed by atoms with Crippen molar-refractivity contribution in [3.63, 3.8) is 0 Å². The summed E-state index contributed by atoms with van der Waals surface area (Å²) < 4.78 is 0. The molecule has 5 rings (SSSR count). The van der Waals surface area contributed by atoms with Gasteiger partial charge in [0.25, 0.3) is 0 Å². The van der Waals surface area contributed by atoms with Crippen LogP contribution in [0.2, 0.25) is 0 Å². The van der Waals surface area contributed by atoms with Crippen LogP contribution in [0.1, 0.15) is 43.1 Å². The molecule has 2 aromatic carbocycles. The maximum atomic E-state index is 4.80. The van der Waals surface area contributed by atoms with E-state index in [1.54, 1.807) is 0 Å². The van der Waals surface area contributed by atoms with Crippen molar-refractivity contribution in [3.8, 4) is 0 Å². The smallest absolute Gasteiger partial charge is 0.132 e. The molecule has 1 aliphatic heterocycles. The Balaban J connectivity index is 0.00000112. The number of piperidine rings is 1. The van der Waals surface area contributed by atoms with Gasteiger partial charge in [-0.15, -0.1) is 12.4 Å². The highest BCUT2D eigenvalue weighted by Crippen LogP contribution is 2.36. The Hall–Kier alpha value is -2.47. The standard InChI is InChI=1S/C22H22N4.ClH.H2O/c1-14-10-18(22-24-13-21-19(26-22)8-9-23-21)12-20(25-14)17-7-6-15-4-2-3-5-16(15)11-17;;/h2-9,11,13-14,18,20,23,25H,10,12H2,1H3;1H;1H2. The van der Waals surface area contributed by atoms with Crippen molar-refractivity contribution in [2.75, 3.05) is 0 Å². The van der Waals surface area contributed by atoms with Crippen molar-refractivity contribution >= 4 is 34.2 Å². The first-order valence-electron chi connectivity index (χ1n) is 9.31. The molecule has 0 spiro atoms. The molecule has 0 bridgehead atoms. The zero-order chi connectivity index (χ0) is 17.5. The predicted molar refractivity (Wildman–Crippen MR) is 116 cm³/mol. The second-order valence-electron chi connectivity index (χ2n) is 7.40. The van der Waals surface area contributed by atoms with Crippen molar-refractivity contribution in [1.29, 1.82) is 0 Å². The van der Waals surface area contributed by atoms with Crippen molar-refractivity contribution < 1.29 is 5.48 Å². The summed E-state index contributed by atoms with van der Waals surface area (Å²) in [6, 6.07) is 18.1. The number of nitrogens with one attached hydrogen (secondary N) is 2. The average Bonchev–Trinajstić information content (AvgIpc) is 3.15. The number of fused-ring (bicyclic) bond motifs is 2. The zero-order valence-electron chi connectivity index (χ0n) is 15.7. The Kier molecular flexibility index (Phi) is 5.98. The number of rotatable bonds is 2. The first-order chi connectivity index (χ1) is 12.8. The number of nitrogens with zero attached hydrogens (tertiary/aromatic N) is 2. The van der Waals surface area contributed by atoms with Crippen LogP contribution in [0, 0.1) is 0 Å². The summed E-state index contributed by atoms with van der Waals surface area (Å²) in [7, 11) is 0. The van der Waals surface area contributed by atoms with Crippen LogP contribution in [0.25, 0.3) is 21.8 Å². The molecule has 3 heterocycles. The summed E-state index contributed by atoms with van der Waals surface area (Å²) in [6.07, 6.45) is 5.93. The molecule has 2 aromatic heterocycles. The van der Waals surface area contributed by atoms with Crippen LogP contribution >= 0.6 is 12.4 Å². The minimum Gasteiger partial charge on any atom is -0.412 e. The Morgan fingerprint density at radius 2 is 1.82 bits per heavy atom. The summed E-state index contributed by atoms with van der Waals surface area (Å²) in [5, 5.41) is 6.35. The van der Waals surface area contributed by atoms with Crippen LogP contribution in [-0.4, -0.2) is 26.5 Å². The fourth-order valence-corrected chi connectivity index (χ4v) is 4.21. The summed E-state index contributed by atoms with van der Waals surface area (Å²) in [6.45, 7) is 2.26. The molecule has 5 nitrogen and oxygen atoms in total. The van der Waals surface area contributed by atoms with Gasteiger partial charge >= 0.3 is 0 Å². The summed E-state index contributed by atoms with van der Waals surface area (Å²) in [4.78, 5) is 12.6. The van der Waals surface area contributed by atoms with E-state index in [1.807, 2.05) is 18.5 Å². The van der Waals surface area contributed by atoms with Gasteiger partial charge in [-0.1, -0.05) is 36.4 Å². The first-order valence-corrected chi connectivity index (χ1v) is 9.31. The highest BCUT2D eigenvalue weighted by atomic mass is 35.5. The number of hydrogen-bond acceptors (Lipinski definition) is 3. The van der Waals surface area contributed by atoms with Gasteiger partial charge in [-0.25, -0.2) is 9.97 Å². The van der Waals surface area contributed by atoms with E-state index in [0.717, 1.165) is 29.7 Å². The lowest BCUT2D eigenvalue weighted by Gasteiger charge is -2.34. The molecule has 6 heteroatoms. The maximum absolute atomic E-state index is 4.80. The molecule has 1 fully saturated rings. The molecule has 0 amide bonds. The highest BCUT2D eigenvalue weighted by molar-refractivity contribution is 5.85. The van der Waals surface area contributed by atoms with Gasteiger partial charge in [-0.3, -0.25) is 0 Å². The van der Waals surface area contributed by atoms with E-state index >= 15 is 0 Å². The van der Waals surface area contributed by atoms with E-state index in [-0.39, 0.29) is 17.9 Å². The molecule has 1 aliphatic rings. The van der Waals surface area contributed by atoms with Crippen LogP contribution in [0.4, 0.5) is 0 Å². The highest BCUT2D eigenvalue weighted by Gasteiger charge is 2.29. The lowest BCUT2D eigenvalue weighted by atomic mass is 9.84. The number of hydrogen-bond donors (Lipinski definition) is 2. The van der Waals surface area contributed by atoms with E-state index < -0.39 is 0 Å². The fourth-order valence-electron chi connectivity index (χ4n) is 4.21. The monoisotopic (exact) mass is 396 g/mol. The second-order valence-corrected chi connectivity index (χ2v) is 7.40. The zero-order valence-corrected chi connectivity index (χ0v) is 16.5. The molecule has 3 unspecified atom stereocenters. The topological polar surface area (TPSA) is 85.1 Å². The molecule has 0 saturated carbocycles. The number of aromatic nitrogens is 3. The summed E-state index contributed by atoms with van der Waals surface area (Å²) in [5.74, 6) is 1.35. The van der Waals surface area contributed by atoms with Gasteiger partial charge in [0, 0.05) is 24.2 Å². The molecule has 0 radical (unpaired) electrons. The Morgan fingerprint density at radius 3 is 2.68 bits per heavy atom. The lowest BCUT2D eigenvalue weighted by molar-refractivity contribution is 0.300. The third-order valence-corrected chi connectivity index (χ3v) is 5.50. The normalized spacial score (nSPS) is 21.8. The van der Waals surface area contributed by atoms with E-state index in [4.69, 9.17) is 4.98 Å².